The lowest BCUT2D eigenvalue weighted by atomic mass is 10.0. The van der Waals surface area contributed by atoms with E-state index in [-0.39, 0.29) is 30.8 Å². The van der Waals surface area contributed by atoms with Crippen molar-refractivity contribution in [3.05, 3.63) is 106 Å². The van der Waals surface area contributed by atoms with Gasteiger partial charge in [0, 0.05) is 29.1 Å². The van der Waals surface area contributed by atoms with E-state index in [1.165, 1.54) is 0 Å². The summed E-state index contributed by atoms with van der Waals surface area (Å²) < 4.78 is 0. The molecule has 0 aliphatic heterocycles. The number of benzene rings is 3. The first-order valence-corrected chi connectivity index (χ1v) is 11.7. The Morgan fingerprint density at radius 3 is 2.21 bits per heavy atom. The maximum absolute atomic E-state index is 13.6. The van der Waals surface area contributed by atoms with E-state index in [4.69, 9.17) is 23.2 Å². The Morgan fingerprint density at radius 2 is 1.55 bits per heavy atom. The molecule has 1 unspecified atom stereocenters. The molecule has 0 bridgehead atoms. The summed E-state index contributed by atoms with van der Waals surface area (Å²) in [4.78, 5) is 28.6. The van der Waals surface area contributed by atoms with Gasteiger partial charge in [-0.3, -0.25) is 9.59 Å². The number of carbonyl (C=O) groups is 2. The molecule has 2 amide bonds. The van der Waals surface area contributed by atoms with Crippen molar-refractivity contribution in [2.24, 2.45) is 0 Å². The number of rotatable bonds is 9. The fraction of sp³-hybridized carbons (Fsp3) is 0.259. The maximum atomic E-state index is 13.6. The van der Waals surface area contributed by atoms with E-state index in [1.54, 1.807) is 23.1 Å². The van der Waals surface area contributed by atoms with Crippen molar-refractivity contribution in [1.82, 2.24) is 10.2 Å². The second kappa shape index (κ2) is 11.9. The number of nitrogens with zero attached hydrogens (tertiary/aromatic N) is 1. The van der Waals surface area contributed by atoms with Crippen molar-refractivity contribution in [3.8, 4) is 0 Å². The summed E-state index contributed by atoms with van der Waals surface area (Å²) >= 11 is 12.6. The van der Waals surface area contributed by atoms with Crippen LogP contribution in [-0.4, -0.2) is 28.8 Å². The van der Waals surface area contributed by atoms with E-state index in [0.717, 1.165) is 16.7 Å². The van der Waals surface area contributed by atoms with Crippen LogP contribution < -0.4 is 5.32 Å². The molecule has 0 aromatic heterocycles. The molecular weight excluding hydrogens is 455 g/mol. The fourth-order valence-corrected chi connectivity index (χ4v) is 4.08. The van der Waals surface area contributed by atoms with Gasteiger partial charge < -0.3 is 10.2 Å². The van der Waals surface area contributed by atoms with Crippen LogP contribution in [0.5, 0.6) is 0 Å². The molecule has 0 aliphatic carbocycles. The van der Waals surface area contributed by atoms with Crippen LogP contribution in [0.3, 0.4) is 0 Å². The zero-order valence-corrected chi connectivity index (χ0v) is 20.3. The Kier molecular flexibility index (Phi) is 8.93. The predicted octanol–water partition coefficient (Wildman–Crippen LogP) is 5.70. The van der Waals surface area contributed by atoms with Gasteiger partial charge in [0.15, 0.2) is 0 Å². The molecule has 4 nitrogen and oxygen atoms in total. The van der Waals surface area contributed by atoms with Crippen LogP contribution in [-0.2, 0) is 29.0 Å². The third-order valence-electron chi connectivity index (χ3n) is 5.24. The molecule has 3 rings (SSSR count). The van der Waals surface area contributed by atoms with Gasteiger partial charge in [-0.05, 0) is 48.7 Å². The highest BCUT2D eigenvalue weighted by atomic mass is 35.5. The second-order valence-electron chi connectivity index (χ2n) is 8.29. The molecule has 33 heavy (non-hydrogen) atoms. The topological polar surface area (TPSA) is 49.4 Å². The lowest BCUT2D eigenvalue weighted by Gasteiger charge is -2.32. The molecule has 6 heteroatoms. The number of hydrogen-bond donors (Lipinski definition) is 1. The smallest absolute Gasteiger partial charge is 0.243 e. The molecule has 172 valence electrons. The molecule has 0 heterocycles. The van der Waals surface area contributed by atoms with Gasteiger partial charge in [-0.25, -0.2) is 0 Å². The van der Waals surface area contributed by atoms with E-state index in [2.05, 4.69) is 5.32 Å². The molecule has 0 radical (unpaired) electrons. The third-order valence-corrected chi connectivity index (χ3v) is 5.85. The lowest BCUT2D eigenvalue weighted by Crippen LogP contribution is -2.52. The molecule has 0 fully saturated rings. The SMILES string of the molecule is CC(C)NC(=O)C(Cc1ccccc1)N(Cc1ccccc1Cl)C(=O)Cc1cccc(Cl)c1. The van der Waals surface area contributed by atoms with Gasteiger partial charge >= 0.3 is 0 Å². The summed E-state index contributed by atoms with van der Waals surface area (Å²) in [7, 11) is 0. The summed E-state index contributed by atoms with van der Waals surface area (Å²) in [5.74, 6) is -0.364. The second-order valence-corrected chi connectivity index (χ2v) is 9.13. The van der Waals surface area contributed by atoms with Crippen LogP contribution >= 0.6 is 23.2 Å². The highest BCUT2D eigenvalue weighted by molar-refractivity contribution is 6.31. The molecule has 0 saturated heterocycles. The Balaban J connectivity index is 1.98. The minimum absolute atomic E-state index is 0.0547. The molecule has 3 aromatic rings. The van der Waals surface area contributed by atoms with Gasteiger partial charge in [0.05, 0.1) is 6.42 Å². The molecule has 0 spiro atoms. The van der Waals surface area contributed by atoms with Crippen LogP contribution in [0.25, 0.3) is 0 Å². The largest absolute Gasteiger partial charge is 0.352 e. The van der Waals surface area contributed by atoms with Gasteiger partial charge in [-0.2, -0.15) is 0 Å². The lowest BCUT2D eigenvalue weighted by molar-refractivity contribution is -0.141. The van der Waals surface area contributed by atoms with Crippen molar-refractivity contribution >= 4 is 35.0 Å². The molecule has 3 aromatic carbocycles. The van der Waals surface area contributed by atoms with E-state index < -0.39 is 6.04 Å². The first-order valence-electron chi connectivity index (χ1n) is 10.9. The average Bonchev–Trinajstić information content (AvgIpc) is 2.77. The van der Waals surface area contributed by atoms with Crippen LogP contribution in [0.2, 0.25) is 10.0 Å². The van der Waals surface area contributed by atoms with E-state index in [0.29, 0.717) is 16.5 Å². The molecule has 0 aliphatic rings. The summed E-state index contributed by atoms with van der Waals surface area (Å²) in [6.45, 7) is 4.04. The average molecular weight is 483 g/mol. The number of hydrogen-bond acceptors (Lipinski definition) is 2. The molecule has 0 saturated carbocycles. The first-order chi connectivity index (χ1) is 15.8. The van der Waals surface area contributed by atoms with Gasteiger partial charge in [0.2, 0.25) is 11.8 Å². The third kappa shape index (κ3) is 7.34. The summed E-state index contributed by atoms with van der Waals surface area (Å²) in [6, 6.07) is 23.6. The zero-order chi connectivity index (χ0) is 23.8. The Morgan fingerprint density at radius 1 is 0.879 bits per heavy atom. The highest BCUT2D eigenvalue weighted by Gasteiger charge is 2.31. The van der Waals surface area contributed by atoms with Gasteiger partial charge in [-0.15, -0.1) is 0 Å². The van der Waals surface area contributed by atoms with Crippen LogP contribution in [0.4, 0.5) is 0 Å². The minimum Gasteiger partial charge on any atom is -0.352 e. The normalized spacial score (nSPS) is 11.8. The molecular formula is C27H28Cl2N2O2. The Hall–Kier alpha value is -2.82. The van der Waals surface area contributed by atoms with Crippen LogP contribution in [0.1, 0.15) is 30.5 Å². The van der Waals surface area contributed by atoms with Gasteiger partial charge in [0.25, 0.3) is 0 Å². The molecule has 1 atom stereocenters. The zero-order valence-electron chi connectivity index (χ0n) is 18.8. The van der Waals surface area contributed by atoms with Gasteiger partial charge in [-0.1, -0.05) is 83.9 Å². The highest BCUT2D eigenvalue weighted by Crippen LogP contribution is 2.22. The van der Waals surface area contributed by atoms with Crippen molar-refractivity contribution in [2.75, 3.05) is 0 Å². The minimum atomic E-state index is -0.697. The van der Waals surface area contributed by atoms with Crippen LogP contribution in [0.15, 0.2) is 78.9 Å². The monoisotopic (exact) mass is 482 g/mol. The Bertz CT molecular complexity index is 1090. The predicted molar refractivity (Wildman–Crippen MR) is 134 cm³/mol. The first kappa shape index (κ1) is 24.8. The molecule has 1 N–H and O–H groups in total. The Labute approximate surface area is 205 Å². The number of nitrogens with one attached hydrogen (secondary N) is 1. The van der Waals surface area contributed by atoms with E-state index in [9.17, 15) is 9.59 Å². The number of halogens is 2. The van der Waals surface area contributed by atoms with Crippen molar-refractivity contribution < 1.29 is 9.59 Å². The van der Waals surface area contributed by atoms with E-state index in [1.807, 2.05) is 74.5 Å². The quantitative estimate of drug-likeness (QED) is 0.425. The maximum Gasteiger partial charge on any atom is 0.243 e. The standard InChI is InChI=1S/C27H28Cl2N2O2/c1-19(2)30-27(33)25(16-20-9-4-3-5-10-20)31(18-22-12-6-7-14-24(22)29)26(32)17-21-11-8-13-23(28)15-21/h3-15,19,25H,16-18H2,1-2H3,(H,30,33). The summed E-state index contributed by atoms with van der Waals surface area (Å²) in [5.41, 5.74) is 2.55. The van der Waals surface area contributed by atoms with Crippen molar-refractivity contribution in [1.29, 1.82) is 0 Å². The van der Waals surface area contributed by atoms with E-state index >= 15 is 0 Å². The van der Waals surface area contributed by atoms with Crippen LogP contribution in [0, 0.1) is 0 Å². The fourth-order valence-electron chi connectivity index (χ4n) is 3.67. The van der Waals surface area contributed by atoms with Crippen molar-refractivity contribution in [3.63, 3.8) is 0 Å². The summed E-state index contributed by atoms with van der Waals surface area (Å²) in [6.07, 6.45) is 0.524. The number of amides is 2. The van der Waals surface area contributed by atoms with Crippen molar-refractivity contribution in [2.45, 2.75) is 45.3 Å². The number of carbonyl (C=O) groups excluding carboxylic acids is 2. The summed E-state index contributed by atoms with van der Waals surface area (Å²) in [5, 5.41) is 4.11. The van der Waals surface area contributed by atoms with Gasteiger partial charge in [0.1, 0.15) is 6.04 Å².